The van der Waals surface area contributed by atoms with Crippen molar-refractivity contribution < 1.29 is 9.59 Å². The van der Waals surface area contributed by atoms with Gasteiger partial charge in [-0.25, -0.2) is 0 Å². The van der Waals surface area contributed by atoms with Crippen LogP contribution in [0.15, 0.2) is 42.5 Å². The molecule has 138 valence electrons. The van der Waals surface area contributed by atoms with Gasteiger partial charge in [0.05, 0.1) is 5.56 Å². The molecule has 5 nitrogen and oxygen atoms in total. The Morgan fingerprint density at radius 1 is 1.04 bits per heavy atom. The molecule has 0 radical (unpaired) electrons. The van der Waals surface area contributed by atoms with Crippen molar-refractivity contribution in [3.63, 3.8) is 0 Å². The quantitative estimate of drug-likeness (QED) is 0.540. The molecule has 2 heterocycles. The summed E-state index contributed by atoms with van der Waals surface area (Å²) in [5, 5.41) is 3.56. The summed E-state index contributed by atoms with van der Waals surface area (Å²) in [6.45, 7) is 5.92. The third-order valence-electron chi connectivity index (χ3n) is 5.26. The van der Waals surface area contributed by atoms with Crippen molar-refractivity contribution in [2.75, 3.05) is 23.3 Å². The first-order valence-corrected chi connectivity index (χ1v) is 9.33. The molecule has 1 fully saturated rings. The summed E-state index contributed by atoms with van der Waals surface area (Å²) in [4.78, 5) is 30.9. The van der Waals surface area contributed by atoms with Gasteiger partial charge in [-0.1, -0.05) is 18.2 Å². The van der Waals surface area contributed by atoms with E-state index in [1.165, 1.54) is 18.5 Å². The number of H-pyrrole nitrogens is 1. The number of ketones is 1. The second kappa shape index (κ2) is 6.91. The number of anilines is 2. The molecule has 0 aliphatic carbocycles. The highest BCUT2D eigenvalue weighted by Gasteiger charge is 2.23. The second-order valence-electron chi connectivity index (χ2n) is 7.15. The second-order valence-corrected chi connectivity index (χ2v) is 7.15. The fourth-order valence-corrected chi connectivity index (χ4v) is 3.82. The predicted octanol–water partition coefficient (Wildman–Crippen LogP) is 4.21. The fourth-order valence-electron chi connectivity index (χ4n) is 3.82. The van der Waals surface area contributed by atoms with Gasteiger partial charge in [0.2, 0.25) is 0 Å². The number of hydrogen-bond donors (Lipinski definition) is 2. The number of hydrogen-bond acceptors (Lipinski definition) is 3. The van der Waals surface area contributed by atoms with Crippen molar-refractivity contribution in [2.45, 2.75) is 26.7 Å². The van der Waals surface area contributed by atoms with Crippen LogP contribution in [0.1, 0.15) is 34.5 Å². The Hall–Kier alpha value is -3.08. The average molecular weight is 361 g/mol. The lowest BCUT2D eigenvalue weighted by Gasteiger charge is -2.19. The van der Waals surface area contributed by atoms with E-state index >= 15 is 0 Å². The number of para-hydroxylation sites is 1. The van der Waals surface area contributed by atoms with Gasteiger partial charge in [0, 0.05) is 41.1 Å². The number of rotatable bonds is 4. The molecule has 5 heteroatoms. The Kier molecular flexibility index (Phi) is 4.44. The standard InChI is InChI=1S/C22H23N3O2/c1-14-13-16(25-11-5-6-12-25)9-10-18(14)24-22(27)21(26)20-15(2)23-19-8-4-3-7-17(19)20/h3-4,7-10,13,23H,5-6,11-12H2,1-2H3,(H,24,27). The van der Waals surface area contributed by atoms with Gasteiger partial charge < -0.3 is 15.2 Å². The summed E-state index contributed by atoms with van der Waals surface area (Å²) in [5.74, 6) is -1.13. The zero-order valence-electron chi connectivity index (χ0n) is 15.6. The van der Waals surface area contributed by atoms with Crippen LogP contribution >= 0.6 is 0 Å². The normalized spacial score (nSPS) is 13.9. The lowest BCUT2D eigenvalue weighted by atomic mass is 10.1. The number of nitrogens with zero attached hydrogens (tertiary/aromatic N) is 1. The zero-order chi connectivity index (χ0) is 19.0. The maximum atomic E-state index is 12.8. The number of carbonyl (C=O) groups excluding carboxylic acids is 2. The average Bonchev–Trinajstić information content (AvgIpc) is 3.29. The van der Waals surface area contributed by atoms with Crippen LogP contribution in [-0.4, -0.2) is 29.8 Å². The molecule has 2 N–H and O–H groups in total. The number of carbonyl (C=O) groups is 2. The third kappa shape index (κ3) is 3.21. The van der Waals surface area contributed by atoms with Crippen LogP contribution in [0.3, 0.4) is 0 Å². The van der Waals surface area contributed by atoms with E-state index in [4.69, 9.17) is 0 Å². The van der Waals surface area contributed by atoms with E-state index in [0.717, 1.165) is 29.6 Å². The SMILES string of the molecule is Cc1cc(N2CCCC2)ccc1NC(=O)C(=O)c1c(C)[nH]c2ccccc12. The summed E-state index contributed by atoms with van der Waals surface area (Å²) in [5.41, 5.74) is 4.80. The topological polar surface area (TPSA) is 65.2 Å². The molecule has 2 aromatic carbocycles. The van der Waals surface area contributed by atoms with Gasteiger partial charge >= 0.3 is 0 Å². The molecule has 0 saturated carbocycles. The molecule has 3 aromatic rings. The molecule has 1 aromatic heterocycles. The molecule has 27 heavy (non-hydrogen) atoms. The van der Waals surface area contributed by atoms with E-state index in [1.54, 1.807) is 0 Å². The highest BCUT2D eigenvalue weighted by Crippen LogP contribution is 2.26. The molecule has 1 saturated heterocycles. The highest BCUT2D eigenvalue weighted by atomic mass is 16.2. The molecule has 0 spiro atoms. The number of fused-ring (bicyclic) bond motifs is 1. The minimum Gasteiger partial charge on any atom is -0.372 e. The van der Waals surface area contributed by atoms with Crippen molar-refractivity contribution in [1.29, 1.82) is 0 Å². The number of Topliss-reactive ketones (excluding diaryl/α,β-unsaturated/α-hetero) is 1. The first-order chi connectivity index (χ1) is 13.0. The summed E-state index contributed by atoms with van der Waals surface area (Å²) in [7, 11) is 0. The smallest absolute Gasteiger partial charge is 0.296 e. The number of aromatic nitrogens is 1. The van der Waals surface area contributed by atoms with Crippen LogP contribution in [0.25, 0.3) is 10.9 Å². The lowest BCUT2D eigenvalue weighted by molar-refractivity contribution is -0.112. The van der Waals surface area contributed by atoms with Gasteiger partial charge in [-0.15, -0.1) is 0 Å². The van der Waals surface area contributed by atoms with Crippen molar-refractivity contribution in [1.82, 2.24) is 4.98 Å². The highest BCUT2D eigenvalue weighted by molar-refractivity contribution is 6.48. The number of nitrogens with one attached hydrogen (secondary N) is 2. The number of benzene rings is 2. The summed E-state index contributed by atoms with van der Waals surface area (Å²) in [6, 6.07) is 13.5. The Labute approximate surface area is 158 Å². The monoisotopic (exact) mass is 361 g/mol. The van der Waals surface area contributed by atoms with E-state index in [1.807, 2.05) is 50.2 Å². The molecular weight excluding hydrogens is 338 g/mol. The van der Waals surface area contributed by atoms with Crippen LogP contribution in [0.2, 0.25) is 0 Å². The van der Waals surface area contributed by atoms with Crippen LogP contribution in [0, 0.1) is 13.8 Å². The predicted molar refractivity (Wildman–Crippen MR) is 109 cm³/mol. The molecule has 1 aliphatic heterocycles. The Morgan fingerprint density at radius 2 is 1.78 bits per heavy atom. The Morgan fingerprint density at radius 3 is 2.52 bits per heavy atom. The van der Waals surface area contributed by atoms with E-state index in [2.05, 4.69) is 21.3 Å². The molecule has 1 amide bonds. The van der Waals surface area contributed by atoms with Crippen molar-refractivity contribution in [2.24, 2.45) is 0 Å². The van der Waals surface area contributed by atoms with E-state index < -0.39 is 11.7 Å². The molecule has 0 unspecified atom stereocenters. The van der Waals surface area contributed by atoms with E-state index in [-0.39, 0.29) is 0 Å². The minimum atomic E-state index is -0.611. The van der Waals surface area contributed by atoms with Crippen molar-refractivity contribution >= 4 is 34.0 Å². The van der Waals surface area contributed by atoms with Crippen LogP contribution in [0.4, 0.5) is 11.4 Å². The number of aromatic amines is 1. The zero-order valence-corrected chi connectivity index (χ0v) is 15.6. The summed E-state index contributed by atoms with van der Waals surface area (Å²) < 4.78 is 0. The number of amides is 1. The van der Waals surface area contributed by atoms with E-state index in [0.29, 0.717) is 16.9 Å². The van der Waals surface area contributed by atoms with E-state index in [9.17, 15) is 9.59 Å². The molecule has 0 atom stereocenters. The van der Waals surface area contributed by atoms with Crippen LogP contribution < -0.4 is 10.2 Å². The first kappa shape index (κ1) is 17.3. The number of aryl methyl sites for hydroxylation is 2. The van der Waals surface area contributed by atoms with Gasteiger partial charge in [0.1, 0.15) is 0 Å². The van der Waals surface area contributed by atoms with Gasteiger partial charge in [-0.05, 0) is 56.5 Å². The van der Waals surface area contributed by atoms with Gasteiger partial charge in [-0.3, -0.25) is 9.59 Å². The van der Waals surface area contributed by atoms with Crippen LogP contribution in [-0.2, 0) is 4.79 Å². The summed E-state index contributed by atoms with van der Waals surface area (Å²) >= 11 is 0. The van der Waals surface area contributed by atoms with Gasteiger partial charge in [0.25, 0.3) is 11.7 Å². The molecule has 1 aliphatic rings. The lowest BCUT2D eigenvalue weighted by Crippen LogP contribution is -2.24. The van der Waals surface area contributed by atoms with Crippen molar-refractivity contribution in [3.8, 4) is 0 Å². The summed E-state index contributed by atoms with van der Waals surface area (Å²) in [6.07, 6.45) is 2.44. The molecular formula is C22H23N3O2. The third-order valence-corrected chi connectivity index (χ3v) is 5.26. The van der Waals surface area contributed by atoms with Gasteiger partial charge in [-0.2, -0.15) is 0 Å². The fraction of sp³-hybridized carbons (Fsp3) is 0.273. The molecule has 0 bridgehead atoms. The first-order valence-electron chi connectivity index (χ1n) is 9.33. The minimum absolute atomic E-state index is 0.439. The molecule has 4 rings (SSSR count). The van der Waals surface area contributed by atoms with Crippen molar-refractivity contribution in [3.05, 3.63) is 59.3 Å². The maximum Gasteiger partial charge on any atom is 0.296 e. The maximum absolute atomic E-state index is 12.8. The Bertz CT molecular complexity index is 1030. The van der Waals surface area contributed by atoms with Crippen LogP contribution in [0.5, 0.6) is 0 Å². The largest absolute Gasteiger partial charge is 0.372 e. The Balaban J connectivity index is 1.56. The van der Waals surface area contributed by atoms with Gasteiger partial charge in [0.15, 0.2) is 0 Å².